The summed E-state index contributed by atoms with van der Waals surface area (Å²) in [5.74, 6) is 2.08. The van der Waals surface area contributed by atoms with E-state index in [1.54, 1.807) is 6.07 Å². The highest BCUT2D eigenvalue weighted by Gasteiger charge is 2.58. The highest BCUT2D eigenvalue weighted by molar-refractivity contribution is 5.87. The highest BCUT2D eigenvalue weighted by Crippen LogP contribution is 2.62. The number of rotatable bonds is 5. The van der Waals surface area contributed by atoms with E-state index in [9.17, 15) is 14.0 Å². The number of ketones is 1. The van der Waals surface area contributed by atoms with Gasteiger partial charge in [0.1, 0.15) is 11.6 Å². The lowest BCUT2D eigenvalue weighted by Crippen LogP contribution is -2.49. The molecule has 5 atom stereocenters. The molecule has 1 aromatic rings. The van der Waals surface area contributed by atoms with Gasteiger partial charge in [-0.1, -0.05) is 19.1 Å². The molecule has 4 aliphatic rings. The number of halogens is 1. The average Bonchev–Trinajstić information content (AvgIpc) is 2.97. The molecule has 0 bridgehead atoms. The van der Waals surface area contributed by atoms with Gasteiger partial charge < -0.3 is 9.64 Å². The number of fused-ring (bicyclic) bond motifs is 5. The number of ether oxygens (including phenoxy) is 1. The van der Waals surface area contributed by atoms with Crippen molar-refractivity contribution in [3.05, 3.63) is 35.1 Å². The molecule has 3 unspecified atom stereocenters. The van der Waals surface area contributed by atoms with Crippen LogP contribution >= 0.6 is 0 Å². The van der Waals surface area contributed by atoms with E-state index < -0.39 is 0 Å². The quantitative estimate of drug-likeness (QED) is 0.695. The van der Waals surface area contributed by atoms with Gasteiger partial charge >= 0.3 is 0 Å². The van der Waals surface area contributed by atoms with Gasteiger partial charge in [-0.15, -0.1) is 0 Å². The molecule has 31 heavy (non-hydrogen) atoms. The largest absolute Gasteiger partial charge is 0.377 e. The molecule has 1 heterocycles. The minimum absolute atomic E-state index is 0.0668. The van der Waals surface area contributed by atoms with Crippen molar-refractivity contribution in [2.45, 2.75) is 70.3 Å². The Labute approximate surface area is 184 Å². The number of benzene rings is 1. The third-order valence-electron chi connectivity index (χ3n) is 9.09. The number of carbonyl (C=O) groups is 2. The smallest absolute Gasteiger partial charge is 0.222 e. The van der Waals surface area contributed by atoms with Crippen LogP contribution in [0.15, 0.2) is 18.2 Å². The maximum atomic E-state index is 14.4. The van der Waals surface area contributed by atoms with E-state index in [2.05, 4.69) is 13.0 Å². The van der Waals surface area contributed by atoms with Gasteiger partial charge in [0, 0.05) is 25.3 Å². The molecule has 1 amide bonds. The van der Waals surface area contributed by atoms with E-state index in [1.807, 2.05) is 18.0 Å². The van der Waals surface area contributed by atoms with Crippen molar-refractivity contribution in [3.63, 3.8) is 0 Å². The summed E-state index contributed by atoms with van der Waals surface area (Å²) >= 11 is 0. The molecular formula is C26H34FNO3. The molecule has 0 aromatic heterocycles. The Kier molecular flexibility index (Phi) is 5.44. The van der Waals surface area contributed by atoms with Gasteiger partial charge in [-0.25, -0.2) is 4.39 Å². The van der Waals surface area contributed by atoms with Gasteiger partial charge in [-0.2, -0.15) is 0 Å². The van der Waals surface area contributed by atoms with Crippen LogP contribution in [0.2, 0.25) is 0 Å². The van der Waals surface area contributed by atoms with Gasteiger partial charge in [-0.05, 0) is 79.4 Å². The normalized spacial score (nSPS) is 34.5. The standard InChI is InChI=1S/C26H34FNO3/c1-26-12-11-19-18-6-4-7-22(27)20(18)9-10-21(19)25(26)16(13-23(26)29)5-3-8-24(30)28(2)17-14-31-15-17/h4,6-7,16-17,19,21,25H,3,5,8-15H2,1-2H3/t16-,19?,21?,25?,26-/m1/s1. The summed E-state index contributed by atoms with van der Waals surface area (Å²) in [6.07, 6.45) is 6.63. The van der Waals surface area contributed by atoms with E-state index in [1.165, 1.54) is 5.56 Å². The van der Waals surface area contributed by atoms with E-state index >= 15 is 0 Å². The first-order valence-corrected chi connectivity index (χ1v) is 12.0. The first-order chi connectivity index (χ1) is 14.9. The molecule has 1 aliphatic heterocycles. The number of nitrogens with zero attached hydrogens (tertiary/aromatic N) is 1. The van der Waals surface area contributed by atoms with Crippen molar-refractivity contribution in [2.24, 2.45) is 23.2 Å². The van der Waals surface area contributed by atoms with Crippen molar-refractivity contribution >= 4 is 11.7 Å². The monoisotopic (exact) mass is 427 g/mol. The first-order valence-electron chi connectivity index (χ1n) is 12.0. The second-order valence-electron chi connectivity index (χ2n) is 10.6. The Balaban J connectivity index is 1.30. The number of likely N-dealkylation sites (N-methyl/N-ethyl adjacent to an activating group) is 1. The lowest BCUT2D eigenvalue weighted by atomic mass is 9.54. The van der Waals surface area contributed by atoms with Crippen LogP contribution < -0.4 is 0 Å². The Morgan fingerprint density at radius 2 is 2.10 bits per heavy atom. The van der Waals surface area contributed by atoms with Crippen LogP contribution in [-0.4, -0.2) is 42.9 Å². The summed E-state index contributed by atoms with van der Waals surface area (Å²) in [6, 6.07) is 5.77. The summed E-state index contributed by atoms with van der Waals surface area (Å²) in [7, 11) is 1.87. The fraction of sp³-hybridized carbons (Fsp3) is 0.692. The molecule has 5 rings (SSSR count). The molecule has 2 saturated carbocycles. The molecule has 0 radical (unpaired) electrons. The third kappa shape index (κ3) is 3.44. The summed E-state index contributed by atoms with van der Waals surface area (Å²) in [4.78, 5) is 27.5. The second kappa shape index (κ2) is 7.99. The molecule has 0 N–H and O–H groups in total. The van der Waals surface area contributed by atoms with Gasteiger partial charge in [0.15, 0.2) is 0 Å². The number of Topliss-reactive ketones (excluding diaryl/α,β-unsaturated/α-hetero) is 1. The highest BCUT2D eigenvalue weighted by atomic mass is 19.1. The van der Waals surface area contributed by atoms with E-state index in [-0.39, 0.29) is 23.2 Å². The molecule has 3 fully saturated rings. The van der Waals surface area contributed by atoms with Crippen LogP contribution in [0.3, 0.4) is 0 Å². The van der Waals surface area contributed by atoms with Gasteiger partial charge in [0.05, 0.1) is 19.3 Å². The minimum Gasteiger partial charge on any atom is -0.377 e. The van der Waals surface area contributed by atoms with Crippen molar-refractivity contribution in [1.29, 1.82) is 0 Å². The lowest BCUT2D eigenvalue weighted by Gasteiger charge is -2.50. The topological polar surface area (TPSA) is 46.6 Å². The van der Waals surface area contributed by atoms with Crippen LogP contribution in [0.1, 0.15) is 68.9 Å². The molecule has 4 nitrogen and oxygen atoms in total. The van der Waals surface area contributed by atoms with Gasteiger partial charge in [0.2, 0.25) is 5.91 Å². The zero-order valence-electron chi connectivity index (χ0n) is 18.7. The summed E-state index contributed by atoms with van der Waals surface area (Å²) in [5, 5.41) is 0. The Bertz CT molecular complexity index is 881. The van der Waals surface area contributed by atoms with Crippen LogP contribution in [0.4, 0.5) is 4.39 Å². The SMILES string of the molecule is CN(C(=O)CCC[C@@H]1CC(=O)[C@@]2(C)CCC3c4cccc(F)c4CCC3C12)C1COC1. The van der Waals surface area contributed by atoms with E-state index in [4.69, 9.17) is 4.74 Å². The maximum absolute atomic E-state index is 14.4. The summed E-state index contributed by atoms with van der Waals surface area (Å²) in [6.45, 7) is 3.47. The first kappa shape index (κ1) is 21.1. The van der Waals surface area contributed by atoms with Crippen molar-refractivity contribution in [2.75, 3.05) is 20.3 Å². The van der Waals surface area contributed by atoms with Crippen LogP contribution in [0.25, 0.3) is 0 Å². The Hall–Kier alpha value is -1.75. The molecular weight excluding hydrogens is 393 g/mol. The van der Waals surface area contributed by atoms with E-state index in [0.29, 0.717) is 55.5 Å². The second-order valence-corrected chi connectivity index (χ2v) is 10.6. The van der Waals surface area contributed by atoms with Crippen LogP contribution in [0.5, 0.6) is 0 Å². The Morgan fingerprint density at radius 3 is 2.84 bits per heavy atom. The number of amides is 1. The molecule has 1 aromatic carbocycles. The fourth-order valence-corrected chi connectivity index (χ4v) is 7.24. The number of hydrogen-bond acceptors (Lipinski definition) is 3. The summed E-state index contributed by atoms with van der Waals surface area (Å²) in [5.41, 5.74) is 1.86. The maximum Gasteiger partial charge on any atom is 0.222 e. The molecule has 1 saturated heterocycles. The summed E-state index contributed by atoms with van der Waals surface area (Å²) < 4.78 is 19.6. The van der Waals surface area contributed by atoms with Gasteiger partial charge in [0.25, 0.3) is 0 Å². The van der Waals surface area contributed by atoms with Crippen molar-refractivity contribution in [3.8, 4) is 0 Å². The van der Waals surface area contributed by atoms with Gasteiger partial charge in [-0.3, -0.25) is 9.59 Å². The fourth-order valence-electron chi connectivity index (χ4n) is 7.24. The molecule has 5 heteroatoms. The predicted octanol–water partition coefficient (Wildman–Crippen LogP) is 4.50. The third-order valence-corrected chi connectivity index (χ3v) is 9.09. The minimum atomic E-state index is -0.235. The average molecular weight is 428 g/mol. The Morgan fingerprint density at radius 1 is 1.29 bits per heavy atom. The van der Waals surface area contributed by atoms with Crippen LogP contribution in [0, 0.1) is 29.0 Å². The van der Waals surface area contributed by atoms with Crippen LogP contribution in [-0.2, 0) is 20.7 Å². The van der Waals surface area contributed by atoms with Crippen molar-refractivity contribution < 1.29 is 18.7 Å². The predicted molar refractivity (Wildman–Crippen MR) is 116 cm³/mol. The number of carbonyl (C=O) groups excluding carboxylic acids is 2. The molecule has 3 aliphatic carbocycles. The zero-order valence-corrected chi connectivity index (χ0v) is 18.7. The molecule has 0 spiro atoms. The van der Waals surface area contributed by atoms with E-state index in [0.717, 1.165) is 44.1 Å². The zero-order chi connectivity index (χ0) is 21.8. The lowest BCUT2D eigenvalue weighted by molar-refractivity contribution is -0.141. The number of hydrogen-bond donors (Lipinski definition) is 0. The van der Waals surface area contributed by atoms with Crippen molar-refractivity contribution in [1.82, 2.24) is 4.90 Å². The molecule has 168 valence electrons.